The fraction of sp³-hybridized carbons (Fsp3) is 0.278. The van der Waals surface area contributed by atoms with Gasteiger partial charge in [-0.25, -0.2) is 0 Å². The van der Waals surface area contributed by atoms with Crippen LogP contribution in [0.1, 0.15) is 45.6 Å². The Bertz CT molecular complexity index is 752. The Kier molecular flexibility index (Phi) is 4.79. The van der Waals surface area contributed by atoms with Crippen LogP contribution in [-0.4, -0.2) is 10.8 Å². The molecular formula is C18H20N2O3. The molecular weight excluding hydrogens is 292 g/mol. The monoisotopic (exact) mass is 312 g/mol. The van der Waals surface area contributed by atoms with E-state index in [0.29, 0.717) is 5.56 Å². The molecule has 5 heteroatoms. The van der Waals surface area contributed by atoms with Crippen LogP contribution >= 0.6 is 0 Å². The Balaban J connectivity index is 2.16. The summed E-state index contributed by atoms with van der Waals surface area (Å²) in [5, 5.41) is 13.6. The Hall–Kier alpha value is -2.69. The number of nitro groups is 1. The molecule has 1 N–H and O–H groups in total. The first-order valence-corrected chi connectivity index (χ1v) is 7.42. The highest BCUT2D eigenvalue weighted by molar-refractivity contribution is 5.94. The van der Waals surface area contributed by atoms with Crippen LogP contribution in [0.5, 0.6) is 0 Å². The van der Waals surface area contributed by atoms with Gasteiger partial charge in [0.05, 0.1) is 11.0 Å². The molecule has 1 amide bonds. The van der Waals surface area contributed by atoms with Crippen molar-refractivity contribution in [3.63, 3.8) is 0 Å². The highest BCUT2D eigenvalue weighted by Crippen LogP contribution is 2.22. The number of hydrogen-bond acceptors (Lipinski definition) is 3. The second-order valence-electron chi connectivity index (χ2n) is 5.79. The van der Waals surface area contributed by atoms with Gasteiger partial charge in [0.2, 0.25) is 0 Å². The fourth-order valence-corrected chi connectivity index (χ4v) is 2.54. The second kappa shape index (κ2) is 6.60. The molecule has 0 saturated carbocycles. The average Bonchev–Trinajstić information content (AvgIpc) is 2.50. The van der Waals surface area contributed by atoms with Crippen LogP contribution in [0.3, 0.4) is 0 Å². The maximum atomic E-state index is 12.3. The van der Waals surface area contributed by atoms with Gasteiger partial charge in [-0.1, -0.05) is 12.1 Å². The van der Waals surface area contributed by atoms with Crippen LogP contribution in [-0.2, 0) is 0 Å². The van der Waals surface area contributed by atoms with E-state index in [1.165, 1.54) is 35.4 Å². The number of carbonyl (C=O) groups excluding carboxylic acids is 1. The maximum absolute atomic E-state index is 12.3. The highest BCUT2D eigenvalue weighted by atomic mass is 16.6. The first-order chi connectivity index (χ1) is 10.8. The molecule has 0 heterocycles. The summed E-state index contributed by atoms with van der Waals surface area (Å²) in [7, 11) is 0. The van der Waals surface area contributed by atoms with Gasteiger partial charge in [0.25, 0.3) is 11.6 Å². The number of nitro benzene ring substituents is 1. The molecule has 1 atom stereocenters. The number of rotatable bonds is 4. The first-order valence-electron chi connectivity index (χ1n) is 7.42. The van der Waals surface area contributed by atoms with Gasteiger partial charge < -0.3 is 5.32 Å². The van der Waals surface area contributed by atoms with Crippen molar-refractivity contribution >= 4 is 11.6 Å². The molecule has 1 unspecified atom stereocenters. The minimum Gasteiger partial charge on any atom is -0.346 e. The zero-order valence-electron chi connectivity index (χ0n) is 13.7. The van der Waals surface area contributed by atoms with Gasteiger partial charge in [-0.15, -0.1) is 0 Å². The van der Waals surface area contributed by atoms with Crippen molar-refractivity contribution in [1.29, 1.82) is 0 Å². The molecule has 0 aliphatic rings. The molecule has 0 bridgehead atoms. The van der Waals surface area contributed by atoms with Crippen LogP contribution in [0.2, 0.25) is 0 Å². The van der Waals surface area contributed by atoms with Crippen molar-refractivity contribution in [2.24, 2.45) is 0 Å². The number of nitrogens with one attached hydrogen (secondary N) is 1. The number of non-ortho nitro benzene ring substituents is 1. The molecule has 0 aliphatic heterocycles. The number of hydrogen-bond donors (Lipinski definition) is 1. The van der Waals surface area contributed by atoms with Crippen LogP contribution in [0.15, 0.2) is 36.4 Å². The summed E-state index contributed by atoms with van der Waals surface area (Å²) in [6.07, 6.45) is 0. The highest BCUT2D eigenvalue weighted by Gasteiger charge is 2.15. The lowest BCUT2D eigenvalue weighted by Gasteiger charge is -2.18. The summed E-state index contributed by atoms with van der Waals surface area (Å²) in [6.45, 7) is 8.06. The van der Waals surface area contributed by atoms with E-state index in [2.05, 4.69) is 24.4 Å². The molecule has 0 spiro atoms. The number of aryl methyl sites for hydroxylation is 3. The van der Waals surface area contributed by atoms with Crippen LogP contribution in [0.4, 0.5) is 5.69 Å². The maximum Gasteiger partial charge on any atom is 0.269 e. The van der Waals surface area contributed by atoms with E-state index in [4.69, 9.17) is 0 Å². The third kappa shape index (κ3) is 3.74. The van der Waals surface area contributed by atoms with Crippen LogP contribution in [0, 0.1) is 30.9 Å². The SMILES string of the molecule is Cc1cc(C)c(C(C)NC(=O)c2ccc([N+](=O)[O-])cc2)cc1C. The minimum absolute atomic E-state index is 0.0281. The lowest BCUT2D eigenvalue weighted by Crippen LogP contribution is -2.27. The zero-order valence-corrected chi connectivity index (χ0v) is 13.7. The normalized spacial score (nSPS) is 11.8. The number of amides is 1. The molecule has 2 aromatic rings. The van der Waals surface area contributed by atoms with Gasteiger partial charge in [-0.2, -0.15) is 0 Å². The molecule has 0 aliphatic carbocycles. The molecule has 0 radical (unpaired) electrons. The van der Waals surface area contributed by atoms with Crippen LogP contribution < -0.4 is 5.32 Å². The van der Waals surface area contributed by atoms with E-state index >= 15 is 0 Å². The summed E-state index contributed by atoms with van der Waals surface area (Å²) < 4.78 is 0. The molecule has 0 saturated heterocycles. The van der Waals surface area contributed by atoms with E-state index in [-0.39, 0.29) is 17.6 Å². The Morgan fingerprint density at radius 1 is 1.04 bits per heavy atom. The van der Waals surface area contributed by atoms with Gasteiger partial charge in [0, 0.05) is 17.7 Å². The Morgan fingerprint density at radius 2 is 1.61 bits per heavy atom. The standard InChI is InChI=1S/C18H20N2O3/c1-11-9-13(3)17(10-12(11)2)14(4)19-18(21)15-5-7-16(8-6-15)20(22)23/h5-10,14H,1-4H3,(H,19,21). The van der Waals surface area contributed by atoms with Gasteiger partial charge >= 0.3 is 0 Å². The summed E-state index contributed by atoms with van der Waals surface area (Å²) >= 11 is 0. The Morgan fingerprint density at radius 3 is 2.17 bits per heavy atom. The predicted octanol–water partition coefficient (Wildman–Crippen LogP) is 4.01. The van der Waals surface area contributed by atoms with Gasteiger partial charge in [-0.05, 0) is 62.1 Å². The lowest BCUT2D eigenvalue weighted by atomic mass is 9.96. The van der Waals surface area contributed by atoms with E-state index in [1.54, 1.807) is 0 Å². The third-order valence-corrected chi connectivity index (χ3v) is 4.04. The van der Waals surface area contributed by atoms with Gasteiger partial charge in [-0.3, -0.25) is 14.9 Å². The van der Waals surface area contributed by atoms with Crippen molar-refractivity contribution in [2.45, 2.75) is 33.7 Å². The van der Waals surface area contributed by atoms with Crippen LogP contribution in [0.25, 0.3) is 0 Å². The smallest absolute Gasteiger partial charge is 0.269 e. The number of nitrogens with zero attached hydrogens (tertiary/aromatic N) is 1. The molecule has 2 aromatic carbocycles. The largest absolute Gasteiger partial charge is 0.346 e. The molecule has 120 valence electrons. The minimum atomic E-state index is -0.483. The summed E-state index contributed by atoms with van der Waals surface area (Å²) in [5.41, 5.74) is 4.98. The fourth-order valence-electron chi connectivity index (χ4n) is 2.54. The molecule has 0 fully saturated rings. The summed E-state index contributed by atoms with van der Waals surface area (Å²) in [6, 6.07) is 9.66. The van der Waals surface area contributed by atoms with Crippen molar-refractivity contribution < 1.29 is 9.72 Å². The third-order valence-electron chi connectivity index (χ3n) is 4.04. The van der Waals surface area contributed by atoms with E-state index in [0.717, 1.165) is 11.1 Å². The summed E-state index contributed by atoms with van der Waals surface area (Å²) in [4.78, 5) is 22.5. The zero-order chi connectivity index (χ0) is 17.1. The van der Waals surface area contributed by atoms with Crippen molar-refractivity contribution in [3.8, 4) is 0 Å². The molecule has 0 aromatic heterocycles. The quantitative estimate of drug-likeness (QED) is 0.685. The van der Waals surface area contributed by atoms with Crippen molar-refractivity contribution in [2.75, 3.05) is 0 Å². The molecule has 23 heavy (non-hydrogen) atoms. The number of carbonyl (C=O) groups is 1. The number of benzene rings is 2. The predicted molar refractivity (Wildman–Crippen MR) is 89.6 cm³/mol. The van der Waals surface area contributed by atoms with Gasteiger partial charge in [0.1, 0.15) is 0 Å². The van der Waals surface area contributed by atoms with Crippen molar-refractivity contribution in [1.82, 2.24) is 5.32 Å². The Labute approximate surface area is 135 Å². The van der Waals surface area contributed by atoms with E-state index in [1.807, 2.05) is 20.8 Å². The molecule has 5 nitrogen and oxygen atoms in total. The first kappa shape index (κ1) is 16.7. The van der Waals surface area contributed by atoms with Gasteiger partial charge in [0.15, 0.2) is 0 Å². The summed E-state index contributed by atoms with van der Waals surface area (Å²) in [5.74, 6) is -0.245. The van der Waals surface area contributed by atoms with Crippen molar-refractivity contribution in [3.05, 3.63) is 74.3 Å². The average molecular weight is 312 g/mol. The van der Waals surface area contributed by atoms with E-state index in [9.17, 15) is 14.9 Å². The topological polar surface area (TPSA) is 72.2 Å². The second-order valence-corrected chi connectivity index (χ2v) is 5.79. The van der Waals surface area contributed by atoms with E-state index < -0.39 is 4.92 Å². The molecule has 2 rings (SSSR count). The lowest BCUT2D eigenvalue weighted by molar-refractivity contribution is -0.384.